The van der Waals surface area contributed by atoms with E-state index >= 15 is 0 Å². The number of hydrogen-bond donors (Lipinski definition) is 0. The molecule has 1 aromatic rings. The summed E-state index contributed by atoms with van der Waals surface area (Å²) >= 11 is 0. The van der Waals surface area contributed by atoms with E-state index in [1.807, 2.05) is 27.0 Å². The minimum absolute atomic E-state index is 0.226. The molecule has 1 heterocycles. The number of benzene rings is 1. The van der Waals surface area contributed by atoms with Crippen LogP contribution in [0.3, 0.4) is 0 Å². The van der Waals surface area contributed by atoms with Crippen molar-refractivity contribution in [1.82, 2.24) is 9.80 Å². The number of hydrogen-bond acceptors (Lipinski definition) is 4. The fraction of sp³-hybridized carbons (Fsp3) is 0.548. The van der Waals surface area contributed by atoms with Gasteiger partial charge in [-0.3, -0.25) is 4.99 Å². The van der Waals surface area contributed by atoms with Gasteiger partial charge in [-0.25, -0.2) is 4.79 Å². The van der Waals surface area contributed by atoms with E-state index in [1.165, 1.54) is 35.2 Å². The van der Waals surface area contributed by atoms with Crippen LogP contribution in [0.15, 0.2) is 70.5 Å². The van der Waals surface area contributed by atoms with Crippen molar-refractivity contribution in [1.29, 1.82) is 0 Å². The maximum atomic E-state index is 12.3. The second kappa shape index (κ2) is 16.0. The van der Waals surface area contributed by atoms with Gasteiger partial charge >= 0.3 is 6.09 Å². The second-order valence-electron chi connectivity index (χ2n) is 10.1. The predicted octanol–water partition coefficient (Wildman–Crippen LogP) is 7.80. The zero-order chi connectivity index (χ0) is 27.1. The smallest absolute Gasteiger partial charge is 0.410 e. The maximum absolute atomic E-state index is 12.3. The number of ether oxygens (including phenoxy) is 1. The molecule has 0 spiro atoms. The summed E-state index contributed by atoms with van der Waals surface area (Å²) in [5.74, 6) is 0. The minimum Gasteiger partial charge on any atom is -0.444 e. The third-order valence-electron chi connectivity index (χ3n) is 5.95. The number of aliphatic imine (C=N–C) groups is 1. The number of carbonyl (C=O) groups excluding carboxylic acids is 1. The summed E-state index contributed by atoms with van der Waals surface area (Å²) in [4.78, 5) is 21.0. The van der Waals surface area contributed by atoms with E-state index < -0.39 is 5.60 Å². The molecule has 0 atom stereocenters. The molecule has 1 amide bonds. The van der Waals surface area contributed by atoms with Crippen LogP contribution in [-0.2, 0) is 11.2 Å². The van der Waals surface area contributed by atoms with E-state index in [4.69, 9.17) is 4.74 Å². The monoisotopic (exact) mass is 495 g/mol. The van der Waals surface area contributed by atoms with Crippen molar-refractivity contribution < 1.29 is 9.53 Å². The van der Waals surface area contributed by atoms with Crippen LogP contribution in [0.2, 0.25) is 0 Å². The van der Waals surface area contributed by atoms with Crippen molar-refractivity contribution in [3.63, 3.8) is 0 Å². The Morgan fingerprint density at radius 1 is 1.00 bits per heavy atom. The van der Waals surface area contributed by atoms with Crippen LogP contribution in [0.4, 0.5) is 4.79 Å². The zero-order valence-corrected chi connectivity index (χ0v) is 24.2. The predicted molar refractivity (Wildman–Crippen MR) is 154 cm³/mol. The Labute approximate surface area is 220 Å². The van der Waals surface area contributed by atoms with E-state index in [9.17, 15) is 4.79 Å². The van der Waals surface area contributed by atoms with Crippen LogP contribution in [-0.4, -0.2) is 53.4 Å². The summed E-state index contributed by atoms with van der Waals surface area (Å²) in [5, 5.41) is 0. The molecule has 1 aromatic carbocycles. The van der Waals surface area contributed by atoms with Crippen molar-refractivity contribution in [3.8, 4) is 0 Å². The molecule has 1 saturated heterocycles. The van der Waals surface area contributed by atoms with Crippen LogP contribution in [0, 0.1) is 0 Å². The lowest BCUT2D eigenvalue weighted by molar-refractivity contribution is 0.0168. The van der Waals surface area contributed by atoms with Gasteiger partial charge in [-0.15, -0.1) is 0 Å². The third kappa shape index (κ3) is 11.3. The van der Waals surface area contributed by atoms with Crippen molar-refractivity contribution in [2.75, 3.05) is 26.2 Å². The second-order valence-corrected chi connectivity index (χ2v) is 10.1. The van der Waals surface area contributed by atoms with Gasteiger partial charge in [0, 0.05) is 49.4 Å². The van der Waals surface area contributed by atoms with Crippen LogP contribution in [0.25, 0.3) is 0 Å². The van der Waals surface area contributed by atoms with E-state index in [-0.39, 0.29) is 6.09 Å². The van der Waals surface area contributed by atoms with Crippen molar-refractivity contribution in [2.45, 2.75) is 87.2 Å². The molecule has 1 fully saturated rings. The molecule has 2 rings (SSSR count). The number of nitrogens with zero attached hydrogens (tertiary/aromatic N) is 3. The van der Waals surface area contributed by atoms with Gasteiger partial charge in [0.15, 0.2) is 0 Å². The van der Waals surface area contributed by atoms with Crippen LogP contribution in [0.1, 0.15) is 80.7 Å². The summed E-state index contributed by atoms with van der Waals surface area (Å²) in [6.07, 6.45) is 9.26. The molecule has 0 saturated carbocycles. The topological polar surface area (TPSA) is 45.1 Å². The lowest BCUT2D eigenvalue weighted by Crippen LogP contribution is -2.49. The quantitative estimate of drug-likeness (QED) is 0.286. The first kappa shape index (κ1) is 31.2. The summed E-state index contributed by atoms with van der Waals surface area (Å²) in [6.45, 7) is 21.3. The van der Waals surface area contributed by atoms with E-state index in [0.29, 0.717) is 13.1 Å². The van der Waals surface area contributed by atoms with Crippen LogP contribution in [0.5, 0.6) is 0 Å². The fourth-order valence-electron chi connectivity index (χ4n) is 3.95. The molecule has 0 aliphatic carbocycles. The van der Waals surface area contributed by atoms with Crippen molar-refractivity contribution in [2.24, 2.45) is 4.99 Å². The van der Waals surface area contributed by atoms with Crippen LogP contribution >= 0.6 is 0 Å². The Balaban J connectivity index is 0.000000600. The highest BCUT2D eigenvalue weighted by Crippen LogP contribution is 2.22. The minimum atomic E-state index is -0.459. The summed E-state index contributed by atoms with van der Waals surface area (Å²) in [5.41, 5.74) is 5.61. The normalized spacial score (nSPS) is 15.9. The Morgan fingerprint density at radius 3 is 2.08 bits per heavy atom. The highest BCUT2D eigenvalue weighted by molar-refractivity contribution is 6.02. The highest BCUT2D eigenvalue weighted by atomic mass is 16.6. The van der Waals surface area contributed by atoms with Gasteiger partial charge in [-0.1, -0.05) is 62.8 Å². The van der Waals surface area contributed by atoms with Gasteiger partial charge in [-0.05, 0) is 72.4 Å². The molecule has 0 bridgehead atoms. The lowest BCUT2D eigenvalue weighted by atomic mass is 10.00. The third-order valence-corrected chi connectivity index (χ3v) is 5.95. The van der Waals surface area contributed by atoms with Crippen LogP contribution < -0.4 is 0 Å². The number of aryl methyl sites for hydroxylation is 1. The number of amides is 1. The summed E-state index contributed by atoms with van der Waals surface area (Å²) in [6, 6.07) is 10.6. The Bertz CT molecular complexity index is 913. The SMILES string of the molecule is CCCc1ccccc1.C\C=C(C)/C(C(/C)=N/C=C/CC)=C(/C)N1CCN(C(=O)OC(C)(C)C)CC1. The zero-order valence-electron chi connectivity index (χ0n) is 24.2. The first-order valence-electron chi connectivity index (χ1n) is 13.3. The molecule has 5 nitrogen and oxygen atoms in total. The van der Waals surface area contributed by atoms with Gasteiger partial charge in [0.1, 0.15) is 5.60 Å². The summed E-state index contributed by atoms with van der Waals surface area (Å²) < 4.78 is 5.49. The molecule has 36 heavy (non-hydrogen) atoms. The Morgan fingerprint density at radius 2 is 1.58 bits per heavy atom. The Kier molecular flexibility index (Phi) is 13.9. The average Bonchev–Trinajstić information content (AvgIpc) is 2.84. The molecule has 200 valence electrons. The maximum Gasteiger partial charge on any atom is 0.410 e. The van der Waals surface area contributed by atoms with Gasteiger partial charge in [0.05, 0.1) is 0 Å². The summed E-state index contributed by atoms with van der Waals surface area (Å²) in [7, 11) is 0. The first-order valence-corrected chi connectivity index (χ1v) is 13.3. The first-order chi connectivity index (χ1) is 17.0. The molecule has 0 radical (unpaired) electrons. The fourth-order valence-corrected chi connectivity index (χ4v) is 3.95. The molecular weight excluding hydrogens is 446 g/mol. The molecule has 1 aliphatic rings. The molecule has 0 unspecified atom stereocenters. The number of rotatable bonds is 7. The van der Waals surface area contributed by atoms with E-state index in [1.54, 1.807) is 4.90 Å². The molecular formula is C31H49N3O2. The van der Waals surface area contributed by atoms with Gasteiger partial charge < -0.3 is 14.5 Å². The van der Waals surface area contributed by atoms with Gasteiger partial charge in [0.2, 0.25) is 0 Å². The lowest BCUT2D eigenvalue weighted by Gasteiger charge is -2.38. The molecule has 0 N–H and O–H groups in total. The van der Waals surface area contributed by atoms with E-state index in [0.717, 1.165) is 25.2 Å². The van der Waals surface area contributed by atoms with Crippen molar-refractivity contribution >= 4 is 11.8 Å². The average molecular weight is 496 g/mol. The van der Waals surface area contributed by atoms with Gasteiger partial charge in [-0.2, -0.15) is 0 Å². The molecule has 0 aromatic heterocycles. The van der Waals surface area contributed by atoms with E-state index in [2.05, 4.69) is 93.9 Å². The van der Waals surface area contributed by atoms with Crippen molar-refractivity contribution in [3.05, 3.63) is 71.1 Å². The largest absolute Gasteiger partial charge is 0.444 e. The van der Waals surface area contributed by atoms with Gasteiger partial charge in [0.25, 0.3) is 0 Å². The highest BCUT2D eigenvalue weighted by Gasteiger charge is 2.26. The number of piperazine rings is 1. The molecule has 1 aliphatic heterocycles. The number of allylic oxidation sites excluding steroid dienone is 5. The number of carbonyl (C=O) groups is 1. The molecule has 5 heteroatoms. The standard InChI is InChI=1S/C22H37N3O2.C9H12/c1-9-11-12-23-18(4)20(17(3)10-2)19(5)24-13-15-25(16-14-24)21(26)27-22(6,7)8;1-2-6-9-7-4-3-5-8-9/h10-12H,9,13-16H2,1-8H3;3-5,7-8H,2,6H2,1H3/b12-11+,17-10-,20-19+,23-18+;. The Hall–Kier alpha value is -2.82.